The van der Waals surface area contributed by atoms with Crippen molar-refractivity contribution in [2.24, 2.45) is 16.4 Å². The summed E-state index contributed by atoms with van der Waals surface area (Å²) >= 11 is 0. The lowest BCUT2D eigenvalue weighted by molar-refractivity contribution is 0.0688. The highest BCUT2D eigenvalue weighted by Gasteiger charge is 2.65. The van der Waals surface area contributed by atoms with Crippen LogP contribution in [-0.4, -0.2) is 47.9 Å². The van der Waals surface area contributed by atoms with Crippen molar-refractivity contribution in [3.63, 3.8) is 0 Å². The molecule has 18 heavy (non-hydrogen) atoms. The van der Waals surface area contributed by atoms with Gasteiger partial charge in [0.2, 0.25) is 5.90 Å². The minimum Gasteiger partial charge on any atom is -0.452 e. The molecule has 1 saturated carbocycles. The number of ether oxygens (including phenoxy) is 1. The fraction of sp³-hybridized carbons (Fsp3) is 0.923. The third-order valence-electron chi connectivity index (χ3n) is 5.65. The summed E-state index contributed by atoms with van der Waals surface area (Å²) in [6.45, 7) is -0.101. The first-order valence-corrected chi connectivity index (χ1v) is 7.04. The van der Waals surface area contributed by atoms with E-state index in [9.17, 15) is 0 Å². The summed E-state index contributed by atoms with van der Waals surface area (Å²) in [7, 11) is 2.28. The first-order valence-electron chi connectivity index (χ1n) is 7.04. The van der Waals surface area contributed by atoms with E-state index in [0.717, 1.165) is 12.0 Å². The van der Waals surface area contributed by atoms with E-state index in [-0.39, 0.29) is 18.2 Å². The Morgan fingerprint density at radius 3 is 3.06 bits per heavy atom. The van der Waals surface area contributed by atoms with Crippen LogP contribution >= 0.6 is 0 Å². The molecule has 0 radical (unpaired) electrons. The van der Waals surface area contributed by atoms with E-state index in [2.05, 4.69) is 22.5 Å². The molecule has 0 aromatic rings. The molecule has 2 N–H and O–H groups in total. The van der Waals surface area contributed by atoms with Crippen LogP contribution in [-0.2, 0) is 4.74 Å². The van der Waals surface area contributed by atoms with Gasteiger partial charge in [-0.3, -0.25) is 5.43 Å². The molecule has 5 heteroatoms. The Balaban J connectivity index is 1.53. The second-order valence-electron chi connectivity index (χ2n) is 6.42. The third kappa shape index (κ3) is 1.37. The molecule has 2 saturated heterocycles. The molecule has 0 aromatic carbocycles. The van der Waals surface area contributed by atoms with E-state index >= 15 is 0 Å². The van der Waals surface area contributed by atoms with Crippen LogP contribution < -0.4 is 5.43 Å². The molecule has 0 spiro atoms. The highest BCUT2D eigenvalue weighted by Crippen LogP contribution is 2.64. The smallest absolute Gasteiger partial charge is 0.233 e. The molecule has 3 aliphatic heterocycles. The predicted octanol–water partition coefficient (Wildman–Crippen LogP) is 0.501. The number of nitrogens with one attached hydrogen (secondary N) is 1. The van der Waals surface area contributed by atoms with Crippen LogP contribution in [0, 0.1) is 11.3 Å². The van der Waals surface area contributed by atoms with E-state index in [4.69, 9.17) is 9.84 Å². The molecule has 3 fully saturated rings. The number of rotatable bonds is 2. The molecule has 100 valence electrons. The number of hydrazone groups is 1. The fourth-order valence-electron chi connectivity index (χ4n) is 4.42. The standard InChI is InChI=1S/C13H21N3O2/c1-16-9-2-3-10(16)6-13(5-8(13)4-9)12-15-14-11(7-17)18-12/h8-10,12,15,17H,2-7H2,1H3. The molecule has 1 aliphatic carbocycles. The highest BCUT2D eigenvalue weighted by atomic mass is 16.5. The summed E-state index contributed by atoms with van der Waals surface area (Å²) in [5.41, 5.74) is 3.37. The number of aliphatic hydroxyl groups excluding tert-OH is 1. The number of hydrogen-bond acceptors (Lipinski definition) is 5. The number of nitrogens with zero attached hydrogens (tertiary/aromatic N) is 2. The lowest BCUT2D eigenvalue weighted by Crippen LogP contribution is -2.38. The first kappa shape index (κ1) is 11.1. The largest absolute Gasteiger partial charge is 0.452 e. The summed E-state index contributed by atoms with van der Waals surface area (Å²) in [6.07, 6.45) is 6.48. The Morgan fingerprint density at radius 1 is 1.44 bits per heavy atom. The van der Waals surface area contributed by atoms with Crippen LogP contribution in [0.4, 0.5) is 0 Å². The molecule has 5 atom stereocenters. The van der Waals surface area contributed by atoms with Gasteiger partial charge in [0.1, 0.15) is 6.61 Å². The average Bonchev–Trinajstić information content (AvgIpc) is 2.75. The normalized spacial score (nSPS) is 50.0. The average molecular weight is 251 g/mol. The highest BCUT2D eigenvalue weighted by molar-refractivity contribution is 5.78. The molecular weight excluding hydrogens is 230 g/mol. The van der Waals surface area contributed by atoms with Crippen molar-refractivity contribution in [3.8, 4) is 0 Å². The van der Waals surface area contributed by atoms with Crippen molar-refractivity contribution >= 4 is 5.90 Å². The molecule has 4 aliphatic rings. The van der Waals surface area contributed by atoms with Crippen molar-refractivity contribution in [1.29, 1.82) is 0 Å². The van der Waals surface area contributed by atoms with Gasteiger partial charge in [-0.25, -0.2) is 0 Å². The van der Waals surface area contributed by atoms with Crippen LogP contribution in [0.15, 0.2) is 5.10 Å². The van der Waals surface area contributed by atoms with E-state index < -0.39 is 0 Å². The van der Waals surface area contributed by atoms with Gasteiger partial charge in [0.05, 0.1) is 0 Å². The zero-order chi connectivity index (χ0) is 12.3. The lowest BCUT2D eigenvalue weighted by Gasteiger charge is -2.28. The van der Waals surface area contributed by atoms with Gasteiger partial charge in [0.25, 0.3) is 0 Å². The molecule has 5 nitrogen and oxygen atoms in total. The van der Waals surface area contributed by atoms with Gasteiger partial charge in [-0.05, 0) is 45.1 Å². The number of fused-ring (bicyclic) bond motifs is 3. The number of aliphatic hydroxyl groups is 1. The number of hydrogen-bond donors (Lipinski definition) is 2. The second kappa shape index (κ2) is 3.61. The molecular formula is C13H21N3O2. The zero-order valence-electron chi connectivity index (χ0n) is 10.8. The maximum absolute atomic E-state index is 9.08. The van der Waals surface area contributed by atoms with Crippen molar-refractivity contribution in [1.82, 2.24) is 10.3 Å². The summed E-state index contributed by atoms with van der Waals surface area (Å²) < 4.78 is 5.76. The maximum atomic E-state index is 9.08. The Labute approximate surface area is 107 Å². The third-order valence-corrected chi connectivity index (χ3v) is 5.65. The monoisotopic (exact) mass is 251 g/mol. The summed E-state index contributed by atoms with van der Waals surface area (Å²) in [6, 6.07) is 1.50. The van der Waals surface area contributed by atoms with E-state index in [1.807, 2.05) is 0 Å². The summed E-state index contributed by atoms with van der Waals surface area (Å²) in [5, 5.41) is 13.2. The zero-order valence-corrected chi connectivity index (χ0v) is 10.8. The van der Waals surface area contributed by atoms with E-state index in [1.54, 1.807) is 0 Å². The quantitative estimate of drug-likeness (QED) is 0.750. The summed E-state index contributed by atoms with van der Waals surface area (Å²) in [4.78, 5) is 2.58. The van der Waals surface area contributed by atoms with Gasteiger partial charge < -0.3 is 14.7 Å². The summed E-state index contributed by atoms with van der Waals surface area (Å²) in [5.74, 6) is 1.23. The second-order valence-corrected chi connectivity index (χ2v) is 6.42. The van der Waals surface area contributed by atoms with E-state index in [0.29, 0.717) is 11.9 Å². The van der Waals surface area contributed by atoms with Crippen LogP contribution in [0.2, 0.25) is 0 Å². The molecule has 0 aromatic heterocycles. The van der Waals surface area contributed by atoms with Crippen LogP contribution in [0.5, 0.6) is 0 Å². The topological polar surface area (TPSA) is 57.1 Å². The Bertz CT molecular complexity index is 400. The Kier molecular flexibility index (Phi) is 2.21. The SMILES string of the molecule is CN1C2CCC1CC1(C3NN=C(CO)O3)CC1C2. The van der Waals surface area contributed by atoms with Gasteiger partial charge >= 0.3 is 0 Å². The minimum atomic E-state index is -0.101. The van der Waals surface area contributed by atoms with E-state index in [1.165, 1.54) is 32.1 Å². The van der Waals surface area contributed by atoms with Crippen LogP contribution in [0.3, 0.4) is 0 Å². The maximum Gasteiger partial charge on any atom is 0.233 e. The van der Waals surface area contributed by atoms with Gasteiger partial charge in [-0.1, -0.05) is 0 Å². The molecule has 5 unspecified atom stereocenters. The molecule has 4 rings (SSSR count). The first-order chi connectivity index (χ1) is 8.73. The van der Waals surface area contributed by atoms with Crippen molar-refractivity contribution in [3.05, 3.63) is 0 Å². The van der Waals surface area contributed by atoms with Crippen LogP contribution in [0.1, 0.15) is 32.1 Å². The predicted molar refractivity (Wildman–Crippen MR) is 66.9 cm³/mol. The van der Waals surface area contributed by atoms with Gasteiger partial charge in [0.15, 0.2) is 6.23 Å². The fourth-order valence-corrected chi connectivity index (χ4v) is 4.42. The molecule has 0 amide bonds. The van der Waals surface area contributed by atoms with Crippen molar-refractivity contribution in [2.45, 2.75) is 50.4 Å². The van der Waals surface area contributed by atoms with Gasteiger partial charge in [0, 0.05) is 17.5 Å². The van der Waals surface area contributed by atoms with Gasteiger partial charge in [-0.2, -0.15) is 0 Å². The van der Waals surface area contributed by atoms with Crippen molar-refractivity contribution in [2.75, 3.05) is 13.7 Å². The van der Waals surface area contributed by atoms with Crippen LogP contribution in [0.25, 0.3) is 0 Å². The lowest BCUT2D eigenvalue weighted by atomic mass is 9.88. The molecule has 3 heterocycles. The van der Waals surface area contributed by atoms with Gasteiger partial charge in [-0.15, -0.1) is 5.10 Å². The van der Waals surface area contributed by atoms with Crippen molar-refractivity contribution < 1.29 is 9.84 Å². The minimum absolute atomic E-state index is 0.00241. The Hall–Kier alpha value is -0.810. The Morgan fingerprint density at radius 2 is 2.28 bits per heavy atom. The molecule has 2 bridgehead atoms.